The lowest BCUT2D eigenvalue weighted by Gasteiger charge is -2.17. The topological polar surface area (TPSA) is 70.6 Å². The summed E-state index contributed by atoms with van der Waals surface area (Å²) in [5.41, 5.74) is 1.59. The molecule has 2 rings (SSSR count). The van der Waals surface area contributed by atoms with E-state index in [-0.39, 0.29) is 18.7 Å². The second kappa shape index (κ2) is 8.41. The Kier molecular flexibility index (Phi) is 6.26. The first-order valence-electron chi connectivity index (χ1n) is 7.17. The Morgan fingerprint density at radius 3 is 2.61 bits per heavy atom. The van der Waals surface area contributed by atoms with Crippen LogP contribution in [0.3, 0.4) is 0 Å². The molecule has 2 aromatic carbocycles. The standard InChI is InChI=1S/C17H19ClN2O3/c1-23-16-7-5-12(6-8-16)9-15(11-21)20-17(22)19-14-4-2-3-13(18)10-14/h2-8,10,15,21H,9,11H2,1H3,(H2,19,20,22). The molecule has 0 heterocycles. The maximum Gasteiger partial charge on any atom is 0.319 e. The zero-order chi connectivity index (χ0) is 16.7. The Morgan fingerprint density at radius 1 is 1.26 bits per heavy atom. The van der Waals surface area contributed by atoms with Crippen LogP contribution in [0.1, 0.15) is 5.56 Å². The van der Waals surface area contributed by atoms with E-state index in [1.807, 2.05) is 24.3 Å². The number of hydrogen-bond donors (Lipinski definition) is 3. The highest BCUT2D eigenvalue weighted by Crippen LogP contribution is 2.15. The van der Waals surface area contributed by atoms with E-state index in [1.54, 1.807) is 31.4 Å². The first kappa shape index (κ1) is 17.1. The Hall–Kier alpha value is -2.24. The van der Waals surface area contributed by atoms with Gasteiger partial charge in [0.2, 0.25) is 0 Å². The number of benzene rings is 2. The number of nitrogens with one attached hydrogen (secondary N) is 2. The van der Waals surface area contributed by atoms with Crippen molar-refractivity contribution in [1.82, 2.24) is 5.32 Å². The fourth-order valence-electron chi connectivity index (χ4n) is 2.13. The number of urea groups is 1. The molecule has 0 bridgehead atoms. The molecule has 2 aromatic rings. The molecule has 0 fully saturated rings. The summed E-state index contributed by atoms with van der Waals surface area (Å²) in [6, 6.07) is 13.6. The Morgan fingerprint density at radius 2 is 2.00 bits per heavy atom. The average Bonchev–Trinajstić information content (AvgIpc) is 2.55. The second-order valence-electron chi connectivity index (χ2n) is 5.04. The third-order valence-electron chi connectivity index (χ3n) is 3.28. The van der Waals surface area contributed by atoms with Crippen LogP contribution in [0.5, 0.6) is 5.75 Å². The van der Waals surface area contributed by atoms with Crippen molar-refractivity contribution in [1.29, 1.82) is 0 Å². The molecule has 0 aromatic heterocycles. The van der Waals surface area contributed by atoms with E-state index in [4.69, 9.17) is 16.3 Å². The lowest BCUT2D eigenvalue weighted by atomic mass is 10.1. The van der Waals surface area contributed by atoms with Crippen molar-refractivity contribution in [3.8, 4) is 5.75 Å². The van der Waals surface area contributed by atoms with E-state index in [0.29, 0.717) is 17.1 Å². The van der Waals surface area contributed by atoms with Gasteiger partial charge in [0.15, 0.2) is 0 Å². The van der Waals surface area contributed by atoms with Gasteiger partial charge in [0.1, 0.15) is 5.75 Å². The molecular weight excluding hydrogens is 316 g/mol. The molecule has 0 aliphatic heterocycles. The van der Waals surface area contributed by atoms with Gasteiger partial charge in [-0.05, 0) is 42.3 Å². The van der Waals surface area contributed by atoms with E-state index in [1.165, 1.54) is 0 Å². The number of halogens is 1. The van der Waals surface area contributed by atoms with Crippen LogP contribution in [0.2, 0.25) is 5.02 Å². The lowest BCUT2D eigenvalue weighted by Crippen LogP contribution is -2.41. The normalized spacial score (nSPS) is 11.6. The number of anilines is 1. The van der Waals surface area contributed by atoms with Gasteiger partial charge in [-0.2, -0.15) is 0 Å². The quantitative estimate of drug-likeness (QED) is 0.760. The Balaban J connectivity index is 1.91. The zero-order valence-corrected chi connectivity index (χ0v) is 13.5. The number of carbonyl (C=O) groups excluding carboxylic acids is 1. The van der Waals surface area contributed by atoms with Crippen LogP contribution < -0.4 is 15.4 Å². The molecule has 3 N–H and O–H groups in total. The van der Waals surface area contributed by atoms with Crippen LogP contribution >= 0.6 is 11.6 Å². The van der Waals surface area contributed by atoms with Gasteiger partial charge in [0.25, 0.3) is 0 Å². The summed E-state index contributed by atoms with van der Waals surface area (Å²) in [4.78, 5) is 12.0. The predicted octanol–water partition coefficient (Wildman–Crippen LogP) is 3.07. The monoisotopic (exact) mass is 334 g/mol. The number of aliphatic hydroxyl groups is 1. The molecule has 2 amide bonds. The van der Waals surface area contributed by atoms with Crippen LogP contribution in [0.4, 0.5) is 10.5 Å². The van der Waals surface area contributed by atoms with Crippen molar-refractivity contribution >= 4 is 23.3 Å². The van der Waals surface area contributed by atoms with Crippen molar-refractivity contribution in [2.75, 3.05) is 19.0 Å². The lowest BCUT2D eigenvalue weighted by molar-refractivity contribution is 0.224. The summed E-state index contributed by atoms with van der Waals surface area (Å²) in [6.45, 7) is -0.158. The average molecular weight is 335 g/mol. The number of ether oxygens (including phenoxy) is 1. The molecule has 0 aliphatic carbocycles. The molecule has 0 saturated heterocycles. The van der Waals surface area contributed by atoms with Crippen LogP contribution in [0, 0.1) is 0 Å². The minimum Gasteiger partial charge on any atom is -0.497 e. The first-order chi connectivity index (χ1) is 11.1. The molecular formula is C17H19ClN2O3. The van der Waals surface area contributed by atoms with Gasteiger partial charge in [-0.1, -0.05) is 29.8 Å². The molecule has 1 atom stereocenters. The number of carbonyl (C=O) groups is 1. The van der Waals surface area contributed by atoms with Crippen LogP contribution in [-0.4, -0.2) is 30.9 Å². The van der Waals surface area contributed by atoms with Crippen LogP contribution in [0.15, 0.2) is 48.5 Å². The van der Waals surface area contributed by atoms with Gasteiger partial charge < -0.3 is 20.5 Å². The highest BCUT2D eigenvalue weighted by molar-refractivity contribution is 6.30. The number of methoxy groups -OCH3 is 1. The predicted molar refractivity (Wildman–Crippen MR) is 91.2 cm³/mol. The Bertz CT molecular complexity index is 647. The third-order valence-corrected chi connectivity index (χ3v) is 3.51. The SMILES string of the molecule is COc1ccc(CC(CO)NC(=O)Nc2cccc(Cl)c2)cc1. The van der Waals surface area contributed by atoms with Crippen molar-refractivity contribution in [2.24, 2.45) is 0 Å². The fraction of sp³-hybridized carbons (Fsp3) is 0.235. The smallest absolute Gasteiger partial charge is 0.319 e. The van der Waals surface area contributed by atoms with Crippen LogP contribution in [0.25, 0.3) is 0 Å². The van der Waals surface area contributed by atoms with E-state index in [2.05, 4.69) is 10.6 Å². The summed E-state index contributed by atoms with van der Waals surface area (Å²) in [5.74, 6) is 0.765. The number of aliphatic hydroxyl groups excluding tert-OH is 1. The van der Waals surface area contributed by atoms with Crippen LogP contribution in [-0.2, 0) is 6.42 Å². The maximum atomic E-state index is 12.0. The van der Waals surface area contributed by atoms with Crippen molar-refractivity contribution in [3.63, 3.8) is 0 Å². The highest BCUT2D eigenvalue weighted by atomic mass is 35.5. The van der Waals surface area contributed by atoms with E-state index >= 15 is 0 Å². The first-order valence-corrected chi connectivity index (χ1v) is 7.55. The summed E-state index contributed by atoms with van der Waals surface area (Å²) in [6.07, 6.45) is 0.517. The largest absolute Gasteiger partial charge is 0.497 e. The molecule has 5 nitrogen and oxygen atoms in total. The van der Waals surface area contributed by atoms with Crippen molar-refractivity contribution in [3.05, 3.63) is 59.1 Å². The molecule has 1 unspecified atom stereocenters. The number of hydrogen-bond acceptors (Lipinski definition) is 3. The van der Waals surface area contributed by atoms with Gasteiger partial charge in [-0.25, -0.2) is 4.79 Å². The molecule has 0 aliphatic rings. The van der Waals surface area contributed by atoms with Crippen molar-refractivity contribution < 1.29 is 14.6 Å². The summed E-state index contributed by atoms with van der Waals surface area (Å²) in [7, 11) is 1.60. The molecule has 23 heavy (non-hydrogen) atoms. The summed E-state index contributed by atoms with van der Waals surface area (Å²) in [5, 5.41) is 15.4. The van der Waals surface area contributed by atoms with Gasteiger partial charge in [0, 0.05) is 10.7 Å². The Labute approximate surface area is 140 Å². The number of amides is 2. The van der Waals surface area contributed by atoms with Gasteiger partial charge in [0.05, 0.1) is 19.8 Å². The van der Waals surface area contributed by atoms with Crippen molar-refractivity contribution in [2.45, 2.75) is 12.5 Å². The van der Waals surface area contributed by atoms with Gasteiger partial charge in [-0.3, -0.25) is 0 Å². The maximum absolute atomic E-state index is 12.0. The molecule has 0 spiro atoms. The molecule has 0 saturated carbocycles. The minimum atomic E-state index is -0.389. The molecule has 6 heteroatoms. The van der Waals surface area contributed by atoms with Gasteiger partial charge >= 0.3 is 6.03 Å². The van der Waals surface area contributed by atoms with E-state index < -0.39 is 0 Å². The fourth-order valence-corrected chi connectivity index (χ4v) is 2.32. The summed E-state index contributed by atoms with van der Waals surface area (Å²) < 4.78 is 5.10. The second-order valence-corrected chi connectivity index (χ2v) is 5.48. The minimum absolute atomic E-state index is 0.158. The molecule has 0 radical (unpaired) electrons. The van der Waals surface area contributed by atoms with Gasteiger partial charge in [-0.15, -0.1) is 0 Å². The number of rotatable bonds is 6. The zero-order valence-electron chi connectivity index (χ0n) is 12.8. The third kappa shape index (κ3) is 5.47. The van der Waals surface area contributed by atoms with E-state index in [9.17, 15) is 9.90 Å². The van der Waals surface area contributed by atoms with E-state index in [0.717, 1.165) is 11.3 Å². The highest BCUT2D eigenvalue weighted by Gasteiger charge is 2.12. The summed E-state index contributed by atoms with van der Waals surface area (Å²) >= 11 is 5.87. The molecule has 122 valence electrons.